The first-order chi connectivity index (χ1) is 16.2. The molecular formula is C24H25Cl2N3O5. The van der Waals surface area contributed by atoms with Crippen molar-refractivity contribution in [2.45, 2.75) is 39.2 Å². The molecule has 8 nitrogen and oxygen atoms in total. The van der Waals surface area contributed by atoms with Gasteiger partial charge in [-0.1, -0.05) is 42.1 Å². The molecule has 1 heterocycles. The minimum absolute atomic E-state index is 0.0181. The second kappa shape index (κ2) is 11.9. The smallest absolute Gasteiger partial charge is 0.414 e. The van der Waals surface area contributed by atoms with E-state index in [0.717, 1.165) is 5.69 Å². The lowest BCUT2D eigenvalue weighted by Gasteiger charge is -2.23. The number of benzene rings is 2. The van der Waals surface area contributed by atoms with E-state index in [9.17, 15) is 9.59 Å². The summed E-state index contributed by atoms with van der Waals surface area (Å²) in [4.78, 5) is 22.8. The molecule has 2 aromatic carbocycles. The van der Waals surface area contributed by atoms with Gasteiger partial charge in [0.1, 0.15) is 6.61 Å². The number of carbonyl (C=O) groups is 2. The first-order valence-corrected chi connectivity index (χ1v) is 11.5. The Morgan fingerprint density at radius 2 is 1.82 bits per heavy atom. The third-order valence-corrected chi connectivity index (χ3v) is 5.66. The van der Waals surface area contributed by atoms with Crippen LogP contribution < -0.4 is 10.1 Å². The topological polar surface area (TPSA) is 115 Å². The van der Waals surface area contributed by atoms with E-state index in [1.54, 1.807) is 30.3 Å². The number of Topliss-reactive ketones (excluding diaryl/α,β-unsaturated/α-hetero) is 1. The molecule has 1 atom stereocenters. The number of hydrogen-bond donors (Lipinski definition) is 2. The highest BCUT2D eigenvalue weighted by Gasteiger charge is 2.18. The maximum absolute atomic E-state index is 12.2. The van der Waals surface area contributed by atoms with Crippen LogP contribution in [0.15, 0.2) is 46.9 Å². The third-order valence-electron chi connectivity index (χ3n) is 5.11. The van der Waals surface area contributed by atoms with Gasteiger partial charge in [-0.2, -0.15) is 0 Å². The van der Waals surface area contributed by atoms with E-state index in [1.165, 1.54) is 0 Å². The Labute approximate surface area is 207 Å². The van der Waals surface area contributed by atoms with Gasteiger partial charge in [-0.3, -0.25) is 9.59 Å². The second-order valence-corrected chi connectivity index (χ2v) is 8.89. The normalized spacial score (nSPS) is 11.9. The molecule has 0 unspecified atom stereocenters. The van der Waals surface area contributed by atoms with Crippen molar-refractivity contribution in [1.29, 1.82) is 0 Å². The fourth-order valence-electron chi connectivity index (χ4n) is 3.11. The van der Waals surface area contributed by atoms with Gasteiger partial charge in [0.2, 0.25) is 0 Å². The van der Waals surface area contributed by atoms with Gasteiger partial charge in [0.05, 0.1) is 16.6 Å². The molecule has 0 aliphatic rings. The standard InChI is InChI=1S/C24H25Cl2N3O5/c1-14(2)20(27-17-9-6-15(7-10-17)21(30)4-3-5-22(31)32)13-33-24-29-28-23(34-24)18-11-8-16(25)12-19(18)26/h6-12,14,20,27H,3-5,13H2,1-2H3,(H,31,32)/t20-/m1/s1. The van der Waals surface area contributed by atoms with Crippen LogP contribution in [0.25, 0.3) is 11.5 Å². The first kappa shape index (κ1) is 25.5. The van der Waals surface area contributed by atoms with Crippen molar-refractivity contribution < 1.29 is 23.8 Å². The Kier molecular flexibility index (Phi) is 8.90. The summed E-state index contributed by atoms with van der Waals surface area (Å²) >= 11 is 12.1. The molecule has 3 rings (SSSR count). The van der Waals surface area contributed by atoms with Crippen molar-refractivity contribution in [3.05, 3.63) is 58.1 Å². The summed E-state index contributed by atoms with van der Waals surface area (Å²) in [5.74, 6) is -0.538. The van der Waals surface area contributed by atoms with Crippen molar-refractivity contribution >= 4 is 40.6 Å². The Hall–Kier alpha value is -3.10. The minimum atomic E-state index is -0.903. The Bertz CT molecular complexity index is 1130. The zero-order chi connectivity index (χ0) is 24.7. The molecule has 0 saturated carbocycles. The molecule has 0 bridgehead atoms. The number of nitrogens with one attached hydrogen (secondary N) is 1. The van der Waals surface area contributed by atoms with Crippen LogP contribution in [0, 0.1) is 5.92 Å². The quantitative estimate of drug-likeness (QED) is 0.288. The van der Waals surface area contributed by atoms with Gasteiger partial charge in [-0.15, -0.1) is 5.10 Å². The maximum Gasteiger partial charge on any atom is 0.414 e. The molecule has 3 aromatic rings. The minimum Gasteiger partial charge on any atom is -0.481 e. The molecule has 0 fully saturated rings. The van der Waals surface area contributed by atoms with E-state index in [4.69, 9.17) is 37.5 Å². The predicted molar refractivity (Wildman–Crippen MR) is 130 cm³/mol. The number of carboxylic acids is 1. The van der Waals surface area contributed by atoms with E-state index in [1.807, 2.05) is 26.0 Å². The maximum atomic E-state index is 12.2. The van der Waals surface area contributed by atoms with Crippen LogP contribution in [-0.4, -0.2) is 39.7 Å². The van der Waals surface area contributed by atoms with Gasteiger partial charge in [-0.25, -0.2) is 0 Å². The molecule has 0 aliphatic carbocycles. The predicted octanol–water partition coefficient (Wildman–Crippen LogP) is 6.00. The molecule has 2 N–H and O–H groups in total. The fraction of sp³-hybridized carbons (Fsp3) is 0.333. The van der Waals surface area contributed by atoms with E-state index < -0.39 is 5.97 Å². The number of hydrogen-bond acceptors (Lipinski definition) is 7. The number of ether oxygens (including phenoxy) is 1. The van der Waals surface area contributed by atoms with Crippen LogP contribution in [-0.2, 0) is 4.79 Å². The summed E-state index contributed by atoms with van der Waals surface area (Å²) in [7, 11) is 0. The summed E-state index contributed by atoms with van der Waals surface area (Å²) in [5.41, 5.74) is 1.93. The third kappa shape index (κ3) is 7.20. The Morgan fingerprint density at radius 3 is 2.47 bits per heavy atom. The van der Waals surface area contributed by atoms with Crippen molar-refractivity contribution in [2.75, 3.05) is 11.9 Å². The van der Waals surface area contributed by atoms with Gasteiger partial charge in [-0.05, 0) is 54.8 Å². The molecule has 1 aromatic heterocycles. The van der Waals surface area contributed by atoms with Gasteiger partial charge < -0.3 is 19.6 Å². The molecule has 180 valence electrons. The molecular weight excluding hydrogens is 481 g/mol. The number of nitrogens with zero attached hydrogens (tertiary/aromatic N) is 2. The molecule has 0 aliphatic heterocycles. The average Bonchev–Trinajstić information content (AvgIpc) is 3.25. The van der Waals surface area contributed by atoms with Crippen LogP contribution in [0.2, 0.25) is 10.0 Å². The number of ketones is 1. The van der Waals surface area contributed by atoms with Gasteiger partial charge in [0.15, 0.2) is 5.78 Å². The summed E-state index contributed by atoms with van der Waals surface area (Å²) in [5, 5.41) is 20.9. The molecule has 0 radical (unpaired) electrons. The van der Waals surface area contributed by atoms with Crippen molar-refractivity contribution in [1.82, 2.24) is 10.2 Å². The molecule has 0 amide bonds. The van der Waals surface area contributed by atoms with Gasteiger partial charge in [0, 0.05) is 29.1 Å². The van der Waals surface area contributed by atoms with Crippen molar-refractivity contribution in [2.24, 2.45) is 5.92 Å². The Balaban J connectivity index is 1.57. The highest BCUT2D eigenvalue weighted by molar-refractivity contribution is 6.36. The lowest BCUT2D eigenvalue weighted by molar-refractivity contribution is -0.137. The van der Waals surface area contributed by atoms with E-state index in [-0.39, 0.29) is 49.2 Å². The molecule has 0 spiro atoms. The summed E-state index contributed by atoms with van der Waals surface area (Å²) < 4.78 is 11.3. The van der Waals surface area contributed by atoms with Crippen molar-refractivity contribution in [3.63, 3.8) is 0 Å². The molecule has 10 heteroatoms. The van der Waals surface area contributed by atoms with Gasteiger partial charge in [0.25, 0.3) is 5.89 Å². The monoisotopic (exact) mass is 505 g/mol. The highest BCUT2D eigenvalue weighted by Crippen LogP contribution is 2.30. The number of aromatic nitrogens is 2. The summed E-state index contributed by atoms with van der Waals surface area (Å²) in [6.07, 6.45) is 0.531. The largest absolute Gasteiger partial charge is 0.481 e. The number of aliphatic carboxylic acids is 1. The highest BCUT2D eigenvalue weighted by atomic mass is 35.5. The second-order valence-electron chi connectivity index (χ2n) is 8.05. The Morgan fingerprint density at radius 1 is 1.09 bits per heavy atom. The van der Waals surface area contributed by atoms with Crippen molar-refractivity contribution in [3.8, 4) is 17.5 Å². The van der Waals surface area contributed by atoms with Crippen LogP contribution in [0.1, 0.15) is 43.5 Å². The number of carbonyl (C=O) groups excluding carboxylic acids is 1. The lowest BCUT2D eigenvalue weighted by Crippen LogP contribution is -2.32. The lowest BCUT2D eigenvalue weighted by atomic mass is 10.0. The van der Waals surface area contributed by atoms with Crippen LogP contribution in [0.5, 0.6) is 6.08 Å². The van der Waals surface area contributed by atoms with Crippen LogP contribution in [0.3, 0.4) is 0 Å². The zero-order valence-corrected chi connectivity index (χ0v) is 20.3. The summed E-state index contributed by atoms with van der Waals surface area (Å²) in [6, 6.07) is 12.0. The zero-order valence-electron chi connectivity index (χ0n) is 18.8. The van der Waals surface area contributed by atoms with Crippen LogP contribution in [0.4, 0.5) is 5.69 Å². The van der Waals surface area contributed by atoms with Crippen LogP contribution >= 0.6 is 23.2 Å². The van der Waals surface area contributed by atoms with E-state index in [0.29, 0.717) is 27.6 Å². The number of rotatable bonds is 12. The number of carboxylic acid groups (broad SMARTS) is 1. The number of halogens is 2. The van der Waals surface area contributed by atoms with E-state index >= 15 is 0 Å². The SMILES string of the molecule is CC(C)[C@@H](COc1nnc(-c2ccc(Cl)cc2Cl)o1)Nc1ccc(C(=O)CCCC(=O)O)cc1. The summed E-state index contributed by atoms with van der Waals surface area (Å²) in [6.45, 7) is 4.37. The fourth-order valence-corrected chi connectivity index (χ4v) is 3.60. The number of anilines is 1. The molecule has 0 saturated heterocycles. The van der Waals surface area contributed by atoms with Gasteiger partial charge >= 0.3 is 12.0 Å². The molecule has 34 heavy (non-hydrogen) atoms. The first-order valence-electron chi connectivity index (χ1n) is 10.8. The van der Waals surface area contributed by atoms with E-state index in [2.05, 4.69) is 15.5 Å². The average molecular weight is 506 g/mol.